The van der Waals surface area contributed by atoms with Crippen molar-refractivity contribution in [3.8, 4) is 11.4 Å². The lowest BCUT2D eigenvalue weighted by Gasteiger charge is -2.07. The van der Waals surface area contributed by atoms with Crippen molar-refractivity contribution in [1.82, 2.24) is 19.7 Å². The number of hydrogen-bond donors (Lipinski definition) is 1. The molecule has 0 unspecified atom stereocenters. The van der Waals surface area contributed by atoms with Gasteiger partial charge in [-0.25, -0.2) is 9.97 Å². The van der Waals surface area contributed by atoms with Gasteiger partial charge in [0, 0.05) is 19.3 Å². The van der Waals surface area contributed by atoms with E-state index in [-0.39, 0.29) is 11.4 Å². The van der Waals surface area contributed by atoms with E-state index in [1.54, 1.807) is 16.9 Å². The molecule has 0 aliphatic heterocycles. The van der Waals surface area contributed by atoms with Crippen molar-refractivity contribution in [3.05, 3.63) is 28.6 Å². The van der Waals surface area contributed by atoms with Gasteiger partial charge in [0.25, 0.3) is 0 Å². The number of rotatable bonds is 5. The van der Waals surface area contributed by atoms with Crippen molar-refractivity contribution >= 4 is 11.6 Å². The van der Waals surface area contributed by atoms with Crippen LogP contribution in [0.15, 0.2) is 18.5 Å². The van der Waals surface area contributed by atoms with Crippen LogP contribution in [0, 0.1) is 10.1 Å². The van der Waals surface area contributed by atoms with Gasteiger partial charge < -0.3 is 5.32 Å². The molecule has 100 valence electrons. The Labute approximate surface area is 109 Å². The van der Waals surface area contributed by atoms with Crippen LogP contribution in [0.4, 0.5) is 11.6 Å². The van der Waals surface area contributed by atoms with E-state index in [2.05, 4.69) is 20.4 Å². The minimum atomic E-state index is -0.488. The van der Waals surface area contributed by atoms with Gasteiger partial charge in [-0.15, -0.1) is 0 Å². The van der Waals surface area contributed by atoms with Crippen LogP contribution in [-0.4, -0.2) is 31.2 Å². The Balaban J connectivity index is 2.57. The predicted molar refractivity (Wildman–Crippen MR) is 69.7 cm³/mol. The average molecular weight is 262 g/mol. The van der Waals surface area contributed by atoms with Crippen LogP contribution in [0.25, 0.3) is 11.4 Å². The van der Waals surface area contributed by atoms with E-state index in [9.17, 15) is 10.1 Å². The third-order valence-electron chi connectivity index (χ3n) is 2.56. The van der Waals surface area contributed by atoms with Crippen LogP contribution >= 0.6 is 0 Å². The van der Waals surface area contributed by atoms with Crippen LogP contribution in [0.1, 0.15) is 13.8 Å². The number of hydrogen-bond acceptors (Lipinski definition) is 6. The highest BCUT2D eigenvalue weighted by Crippen LogP contribution is 2.27. The van der Waals surface area contributed by atoms with Gasteiger partial charge in [-0.2, -0.15) is 5.10 Å². The minimum absolute atomic E-state index is 0.128. The Hall–Kier alpha value is -2.51. The highest BCUT2D eigenvalue weighted by Gasteiger charge is 2.21. The Morgan fingerprint density at radius 1 is 1.47 bits per heavy atom. The van der Waals surface area contributed by atoms with Gasteiger partial charge in [0.15, 0.2) is 5.69 Å². The molecule has 2 aromatic rings. The summed E-state index contributed by atoms with van der Waals surface area (Å²) in [6, 6.07) is 1.70. The predicted octanol–water partition coefficient (Wildman–Crippen LogP) is 1.70. The number of aromatic nitrogens is 4. The lowest BCUT2D eigenvalue weighted by molar-refractivity contribution is -0.384. The van der Waals surface area contributed by atoms with Crippen molar-refractivity contribution < 1.29 is 4.92 Å². The number of nitro groups is 1. The highest BCUT2D eigenvalue weighted by atomic mass is 16.6. The molecule has 0 aromatic carbocycles. The van der Waals surface area contributed by atoms with E-state index >= 15 is 0 Å². The molecule has 0 amide bonds. The zero-order chi connectivity index (χ0) is 13.8. The highest BCUT2D eigenvalue weighted by molar-refractivity contribution is 5.67. The Bertz CT molecular complexity index is 595. The van der Waals surface area contributed by atoms with Crippen molar-refractivity contribution in [2.75, 3.05) is 11.9 Å². The molecule has 2 heterocycles. The number of aryl methyl sites for hydroxylation is 1. The Morgan fingerprint density at radius 2 is 2.26 bits per heavy atom. The lowest BCUT2D eigenvalue weighted by atomic mass is 10.2. The largest absolute Gasteiger partial charge is 0.354 e. The molecule has 0 bridgehead atoms. The van der Waals surface area contributed by atoms with Gasteiger partial charge in [-0.3, -0.25) is 14.8 Å². The van der Waals surface area contributed by atoms with Gasteiger partial charge in [-0.05, 0) is 19.9 Å². The molecule has 19 heavy (non-hydrogen) atoms. The third kappa shape index (κ3) is 2.51. The second-order valence-electron chi connectivity index (χ2n) is 3.75. The fourth-order valence-corrected chi connectivity index (χ4v) is 1.73. The molecule has 2 rings (SSSR count). The molecule has 8 heteroatoms. The van der Waals surface area contributed by atoms with Crippen LogP contribution in [0.2, 0.25) is 0 Å². The maximum atomic E-state index is 11.1. The first kappa shape index (κ1) is 12.9. The van der Waals surface area contributed by atoms with Crippen molar-refractivity contribution in [2.24, 2.45) is 0 Å². The second-order valence-corrected chi connectivity index (χ2v) is 3.75. The topological polar surface area (TPSA) is 98.8 Å². The van der Waals surface area contributed by atoms with Crippen LogP contribution in [0.3, 0.4) is 0 Å². The molecule has 1 N–H and O–H groups in total. The summed E-state index contributed by atoms with van der Waals surface area (Å²) in [6.45, 7) is 5.07. The van der Waals surface area contributed by atoms with Crippen molar-refractivity contribution in [2.45, 2.75) is 20.4 Å². The normalized spacial score (nSPS) is 10.4. The summed E-state index contributed by atoms with van der Waals surface area (Å²) in [5.41, 5.74) is 0.753. The number of anilines is 1. The fraction of sp³-hybridized carbons (Fsp3) is 0.364. The van der Waals surface area contributed by atoms with Gasteiger partial charge in [0.2, 0.25) is 5.95 Å². The van der Waals surface area contributed by atoms with E-state index in [1.165, 1.54) is 6.20 Å². The summed E-state index contributed by atoms with van der Waals surface area (Å²) in [7, 11) is 0. The van der Waals surface area contributed by atoms with Crippen LogP contribution in [-0.2, 0) is 6.54 Å². The van der Waals surface area contributed by atoms with E-state index in [1.807, 2.05) is 13.8 Å². The Morgan fingerprint density at radius 3 is 2.89 bits per heavy atom. The first-order valence-corrected chi connectivity index (χ1v) is 5.94. The molecule has 0 fully saturated rings. The minimum Gasteiger partial charge on any atom is -0.354 e. The molecule has 0 spiro atoms. The molecule has 0 aliphatic rings. The zero-order valence-corrected chi connectivity index (χ0v) is 10.7. The van der Waals surface area contributed by atoms with E-state index in [0.717, 1.165) is 0 Å². The summed E-state index contributed by atoms with van der Waals surface area (Å²) in [5, 5.41) is 18.1. The molecule has 0 saturated heterocycles. The zero-order valence-electron chi connectivity index (χ0n) is 10.7. The smallest absolute Gasteiger partial charge is 0.315 e. The Kier molecular flexibility index (Phi) is 3.69. The summed E-state index contributed by atoms with van der Waals surface area (Å²) < 4.78 is 1.66. The number of nitrogens with one attached hydrogen (secondary N) is 1. The molecule has 2 aromatic heterocycles. The number of nitrogens with zero attached hydrogens (tertiary/aromatic N) is 5. The molecular weight excluding hydrogens is 248 g/mol. The van der Waals surface area contributed by atoms with Crippen LogP contribution < -0.4 is 5.32 Å². The van der Waals surface area contributed by atoms with Gasteiger partial charge >= 0.3 is 5.69 Å². The van der Waals surface area contributed by atoms with Crippen molar-refractivity contribution in [3.63, 3.8) is 0 Å². The average Bonchev–Trinajstić information content (AvgIpc) is 2.86. The maximum absolute atomic E-state index is 11.1. The van der Waals surface area contributed by atoms with Gasteiger partial charge in [-0.1, -0.05) is 0 Å². The quantitative estimate of drug-likeness (QED) is 0.650. The first-order chi connectivity index (χ1) is 9.17. The molecule has 0 atom stereocenters. The maximum Gasteiger partial charge on any atom is 0.315 e. The van der Waals surface area contributed by atoms with Gasteiger partial charge in [0.1, 0.15) is 6.20 Å². The molecule has 0 radical (unpaired) electrons. The van der Waals surface area contributed by atoms with E-state index < -0.39 is 4.92 Å². The summed E-state index contributed by atoms with van der Waals surface area (Å²) in [6.07, 6.45) is 2.81. The SMILES string of the molecule is CCNc1ncc([N+](=O)[O-])c(-c2ccnn2CC)n1. The summed E-state index contributed by atoms with van der Waals surface area (Å²) in [4.78, 5) is 18.7. The first-order valence-electron chi connectivity index (χ1n) is 5.94. The third-order valence-corrected chi connectivity index (χ3v) is 2.56. The van der Waals surface area contributed by atoms with Crippen molar-refractivity contribution in [1.29, 1.82) is 0 Å². The standard InChI is InChI=1S/C11H14N6O2/c1-3-12-11-13-7-9(17(18)19)10(15-11)8-5-6-14-16(8)4-2/h5-7H,3-4H2,1-2H3,(H,12,13,15). The lowest BCUT2D eigenvalue weighted by Crippen LogP contribution is -2.07. The van der Waals surface area contributed by atoms with Crippen LogP contribution in [0.5, 0.6) is 0 Å². The summed E-state index contributed by atoms with van der Waals surface area (Å²) in [5.74, 6) is 0.368. The van der Waals surface area contributed by atoms with Gasteiger partial charge in [0.05, 0.1) is 10.6 Å². The summed E-state index contributed by atoms with van der Waals surface area (Å²) >= 11 is 0. The molecule has 0 aliphatic carbocycles. The monoisotopic (exact) mass is 262 g/mol. The fourth-order valence-electron chi connectivity index (χ4n) is 1.73. The van der Waals surface area contributed by atoms with E-state index in [4.69, 9.17) is 0 Å². The molecule has 8 nitrogen and oxygen atoms in total. The second kappa shape index (κ2) is 5.42. The van der Waals surface area contributed by atoms with E-state index in [0.29, 0.717) is 24.7 Å². The molecular formula is C11H14N6O2. The molecule has 0 saturated carbocycles.